The van der Waals surface area contributed by atoms with Crippen LogP contribution in [0.4, 0.5) is 10.1 Å². The van der Waals surface area contributed by atoms with Crippen LogP contribution in [-0.2, 0) is 19.1 Å². The minimum Gasteiger partial charge on any atom is -0.465 e. The average Bonchev–Trinajstić information content (AvgIpc) is 2.80. The van der Waals surface area contributed by atoms with Crippen LogP contribution < -0.4 is 4.90 Å². The zero-order valence-electron chi connectivity index (χ0n) is 12.7. The molecule has 1 aromatic rings. The fourth-order valence-electron chi connectivity index (χ4n) is 2.07. The highest BCUT2D eigenvalue weighted by Crippen LogP contribution is 2.38. The third kappa shape index (κ3) is 3.29. The summed E-state index contributed by atoms with van der Waals surface area (Å²) in [5.41, 5.74) is -0.562. The summed E-state index contributed by atoms with van der Waals surface area (Å²) >= 11 is 12.0. The summed E-state index contributed by atoms with van der Waals surface area (Å²) in [6.07, 6.45) is 5.70. The van der Waals surface area contributed by atoms with Crippen molar-refractivity contribution >= 4 is 40.8 Å². The van der Waals surface area contributed by atoms with E-state index < -0.39 is 17.8 Å². The number of allylic oxidation sites excluding steroid dienone is 2. The van der Waals surface area contributed by atoms with Crippen molar-refractivity contribution < 1.29 is 23.5 Å². The van der Waals surface area contributed by atoms with E-state index in [2.05, 4.69) is 4.74 Å². The fraction of sp³-hybridized carbons (Fsp3) is 0.125. The molecule has 0 aromatic heterocycles. The summed E-state index contributed by atoms with van der Waals surface area (Å²) in [5.74, 6) is -2.40. The topological polar surface area (TPSA) is 55.8 Å². The molecule has 5 nitrogen and oxygen atoms in total. The molecule has 0 radical (unpaired) electrons. The molecule has 0 aliphatic carbocycles. The van der Waals surface area contributed by atoms with Crippen molar-refractivity contribution in [1.29, 1.82) is 0 Å². The fourth-order valence-corrected chi connectivity index (χ4v) is 2.47. The van der Waals surface area contributed by atoms with E-state index in [4.69, 9.17) is 27.9 Å². The van der Waals surface area contributed by atoms with Crippen LogP contribution in [0.2, 0.25) is 10.0 Å². The van der Waals surface area contributed by atoms with Crippen molar-refractivity contribution in [1.82, 2.24) is 0 Å². The summed E-state index contributed by atoms with van der Waals surface area (Å²) < 4.78 is 23.8. The van der Waals surface area contributed by atoms with Crippen molar-refractivity contribution in [3.05, 3.63) is 63.7 Å². The van der Waals surface area contributed by atoms with Gasteiger partial charge in [0.2, 0.25) is 0 Å². The molecular weight excluding hydrogens is 360 g/mol. The Balaban J connectivity index is 2.78. The molecule has 0 bridgehead atoms. The van der Waals surface area contributed by atoms with Gasteiger partial charge in [-0.25, -0.2) is 14.0 Å². The van der Waals surface area contributed by atoms with Gasteiger partial charge in [-0.2, -0.15) is 0 Å². The molecule has 0 saturated carbocycles. The quantitative estimate of drug-likeness (QED) is 0.599. The van der Waals surface area contributed by atoms with Crippen LogP contribution in [0.1, 0.15) is 0 Å². The maximum absolute atomic E-state index is 14.4. The molecule has 1 aliphatic heterocycles. The molecular formula is C16H12Cl2FNO4. The summed E-state index contributed by atoms with van der Waals surface area (Å²) in [5, 5.41) is -0.0312. The van der Waals surface area contributed by atoms with Crippen molar-refractivity contribution in [2.75, 3.05) is 19.1 Å². The van der Waals surface area contributed by atoms with E-state index in [-0.39, 0.29) is 27.0 Å². The van der Waals surface area contributed by atoms with E-state index in [0.29, 0.717) is 0 Å². The highest BCUT2D eigenvalue weighted by molar-refractivity contribution is 6.43. The van der Waals surface area contributed by atoms with Gasteiger partial charge in [0.05, 0.1) is 29.8 Å². The van der Waals surface area contributed by atoms with Crippen molar-refractivity contribution in [3.63, 3.8) is 0 Å². The minimum absolute atomic E-state index is 0.0857. The number of carbonyl (C=O) groups is 2. The van der Waals surface area contributed by atoms with Crippen LogP contribution in [-0.4, -0.2) is 26.2 Å². The molecule has 1 aromatic carbocycles. The summed E-state index contributed by atoms with van der Waals surface area (Å²) in [6.45, 7) is 0. The Morgan fingerprint density at radius 2 is 1.75 bits per heavy atom. The summed E-state index contributed by atoms with van der Waals surface area (Å²) in [7, 11) is 2.30. The van der Waals surface area contributed by atoms with Crippen molar-refractivity contribution in [2.45, 2.75) is 0 Å². The van der Waals surface area contributed by atoms with Gasteiger partial charge in [-0.15, -0.1) is 0 Å². The molecule has 0 N–H and O–H groups in total. The smallest absolute Gasteiger partial charge is 0.355 e. The predicted molar refractivity (Wildman–Crippen MR) is 88.2 cm³/mol. The lowest BCUT2D eigenvalue weighted by Gasteiger charge is -2.24. The molecule has 0 spiro atoms. The zero-order valence-corrected chi connectivity index (χ0v) is 14.2. The van der Waals surface area contributed by atoms with E-state index in [1.807, 2.05) is 0 Å². The first-order valence-corrected chi connectivity index (χ1v) is 7.36. The number of nitrogens with zero attached hydrogens (tertiary/aromatic N) is 1. The predicted octanol–water partition coefficient (Wildman–Crippen LogP) is 3.62. The Bertz CT molecular complexity index is 787. The van der Waals surface area contributed by atoms with Gasteiger partial charge in [-0.1, -0.05) is 29.3 Å². The number of esters is 2. The number of benzene rings is 1. The van der Waals surface area contributed by atoms with Gasteiger partial charge in [0.1, 0.15) is 17.2 Å². The second-order valence-corrected chi connectivity index (χ2v) is 5.29. The average molecular weight is 372 g/mol. The lowest BCUT2D eigenvalue weighted by Crippen LogP contribution is -2.27. The van der Waals surface area contributed by atoms with Gasteiger partial charge in [-0.3, -0.25) is 0 Å². The lowest BCUT2D eigenvalue weighted by atomic mass is 10.1. The van der Waals surface area contributed by atoms with E-state index in [9.17, 15) is 14.0 Å². The number of hydrogen-bond acceptors (Lipinski definition) is 5. The number of hydrogen-bond donors (Lipinski definition) is 0. The molecule has 0 unspecified atom stereocenters. The first-order valence-electron chi connectivity index (χ1n) is 6.60. The number of methoxy groups -OCH3 is 2. The van der Waals surface area contributed by atoms with Crippen molar-refractivity contribution in [3.8, 4) is 0 Å². The van der Waals surface area contributed by atoms with Crippen LogP contribution in [0.5, 0.6) is 0 Å². The minimum atomic E-state index is -0.873. The Morgan fingerprint density at radius 1 is 1.08 bits per heavy atom. The Kier molecular flexibility index (Phi) is 5.64. The molecule has 0 amide bonds. The second kappa shape index (κ2) is 7.51. The van der Waals surface area contributed by atoms with Crippen LogP contribution >= 0.6 is 23.2 Å². The van der Waals surface area contributed by atoms with Gasteiger partial charge < -0.3 is 14.4 Å². The third-order valence-electron chi connectivity index (χ3n) is 3.15. The van der Waals surface area contributed by atoms with E-state index >= 15 is 0 Å². The third-order valence-corrected chi connectivity index (χ3v) is 3.94. The van der Waals surface area contributed by atoms with Gasteiger partial charge in [0.15, 0.2) is 0 Å². The SMILES string of the molecule is COC(=O)C1=C(C(=O)OC)N(c2c(F)ccc(Cl)c2Cl)C=CC=C1. The summed E-state index contributed by atoms with van der Waals surface area (Å²) in [4.78, 5) is 25.4. The molecule has 1 heterocycles. The standard InChI is InChI=1S/C16H12Cl2FNO4/c1-23-15(21)9-5-3-4-8-20(13(9)16(22)24-2)14-11(19)7-6-10(17)12(14)18/h3-8H,1-2H3. The van der Waals surface area contributed by atoms with Crippen LogP contribution in [0.3, 0.4) is 0 Å². The monoisotopic (exact) mass is 371 g/mol. The molecule has 0 atom stereocenters. The van der Waals surface area contributed by atoms with E-state index in [1.54, 1.807) is 0 Å². The largest absolute Gasteiger partial charge is 0.465 e. The molecule has 126 valence electrons. The molecule has 2 rings (SSSR count). The van der Waals surface area contributed by atoms with Crippen LogP contribution in [0.15, 0.2) is 47.8 Å². The van der Waals surface area contributed by atoms with E-state index in [0.717, 1.165) is 25.2 Å². The number of halogens is 3. The Morgan fingerprint density at radius 3 is 2.38 bits per heavy atom. The molecule has 0 saturated heterocycles. The number of ether oxygens (including phenoxy) is 2. The van der Waals surface area contributed by atoms with Crippen molar-refractivity contribution in [2.24, 2.45) is 0 Å². The van der Waals surface area contributed by atoms with Crippen LogP contribution in [0.25, 0.3) is 0 Å². The number of carbonyl (C=O) groups excluding carboxylic acids is 2. The first-order chi connectivity index (χ1) is 11.4. The molecule has 1 aliphatic rings. The molecule has 8 heteroatoms. The number of rotatable bonds is 3. The van der Waals surface area contributed by atoms with Gasteiger partial charge in [0.25, 0.3) is 0 Å². The Hall–Kier alpha value is -2.31. The molecule has 24 heavy (non-hydrogen) atoms. The number of anilines is 1. The highest BCUT2D eigenvalue weighted by atomic mass is 35.5. The van der Waals surface area contributed by atoms with E-state index in [1.165, 1.54) is 30.5 Å². The maximum Gasteiger partial charge on any atom is 0.355 e. The van der Waals surface area contributed by atoms with Gasteiger partial charge in [-0.05, 0) is 24.3 Å². The normalized spacial score (nSPS) is 13.8. The highest BCUT2D eigenvalue weighted by Gasteiger charge is 2.30. The van der Waals surface area contributed by atoms with Crippen LogP contribution in [0, 0.1) is 5.82 Å². The second-order valence-electron chi connectivity index (χ2n) is 4.51. The summed E-state index contributed by atoms with van der Waals surface area (Å²) in [6, 6.07) is 2.38. The molecule has 0 fully saturated rings. The van der Waals surface area contributed by atoms with Gasteiger partial charge >= 0.3 is 11.9 Å². The zero-order chi connectivity index (χ0) is 17.9. The first kappa shape index (κ1) is 18.0. The Labute approximate surface area is 147 Å². The lowest BCUT2D eigenvalue weighted by molar-refractivity contribution is -0.139. The maximum atomic E-state index is 14.4. The van der Waals surface area contributed by atoms with Gasteiger partial charge in [0, 0.05) is 6.20 Å².